The average Bonchev–Trinajstić information content (AvgIpc) is 1.85. The third-order valence-electron chi connectivity index (χ3n) is 1.17. The van der Waals surface area contributed by atoms with Gasteiger partial charge in [0.05, 0.1) is 5.69 Å². The lowest BCUT2D eigenvalue weighted by atomic mass is 10.5. The summed E-state index contributed by atoms with van der Waals surface area (Å²) in [5.41, 5.74) is 0.311. The summed E-state index contributed by atoms with van der Waals surface area (Å²) in [5, 5.41) is 0. The molecule has 4 nitrogen and oxygen atoms in total. The van der Waals surface area contributed by atoms with E-state index >= 15 is 0 Å². The Balaban J connectivity index is 3.19. The standard InChI is InChI=1S/C7H10N2O2/c1-5-4-6(10)11-7(8-5)9(2)3/h4H,1-3H3. The first kappa shape index (κ1) is 7.78. The lowest BCUT2D eigenvalue weighted by Crippen LogP contribution is -2.14. The van der Waals surface area contributed by atoms with E-state index in [9.17, 15) is 4.79 Å². The highest BCUT2D eigenvalue weighted by Gasteiger charge is 2.00. The van der Waals surface area contributed by atoms with Gasteiger partial charge in [-0.2, -0.15) is 0 Å². The van der Waals surface area contributed by atoms with Crippen LogP contribution >= 0.6 is 0 Å². The van der Waals surface area contributed by atoms with Crippen molar-refractivity contribution in [2.75, 3.05) is 19.0 Å². The highest BCUT2D eigenvalue weighted by molar-refractivity contribution is 5.21. The van der Waals surface area contributed by atoms with Crippen LogP contribution in [0.3, 0.4) is 0 Å². The van der Waals surface area contributed by atoms with E-state index in [2.05, 4.69) is 4.98 Å². The molecule has 1 heterocycles. The molecule has 0 unspecified atom stereocenters. The van der Waals surface area contributed by atoms with Gasteiger partial charge in [-0.3, -0.25) is 0 Å². The average molecular weight is 154 g/mol. The van der Waals surface area contributed by atoms with E-state index in [1.165, 1.54) is 6.07 Å². The van der Waals surface area contributed by atoms with Gasteiger partial charge in [0.15, 0.2) is 0 Å². The predicted molar refractivity (Wildman–Crippen MR) is 41.8 cm³/mol. The third kappa shape index (κ3) is 1.80. The number of hydrogen-bond acceptors (Lipinski definition) is 4. The van der Waals surface area contributed by atoms with E-state index in [4.69, 9.17) is 4.42 Å². The molecule has 0 saturated carbocycles. The molecule has 0 radical (unpaired) electrons. The van der Waals surface area contributed by atoms with Crippen LogP contribution in [0.25, 0.3) is 0 Å². The molecule has 60 valence electrons. The number of anilines is 1. The Morgan fingerprint density at radius 1 is 1.55 bits per heavy atom. The first-order valence-corrected chi connectivity index (χ1v) is 3.25. The highest BCUT2D eigenvalue weighted by Crippen LogP contribution is 2.02. The van der Waals surface area contributed by atoms with Gasteiger partial charge in [-0.1, -0.05) is 0 Å². The summed E-state index contributed by atoms with van der Waals surface area (Å²) in [6.45, 7) is 1.75. The summed E-state index contributed by atoms with van der Waals surface area (Å²) in [7, 11) is 3.54. The lowest BCUT2D eigenvalue weighted by Gasteiger charge is -2.07. The molecular formula is C7H10N2O2. The van der Waals surface area contributed by atoms with Crippen LogP contribution < -0.4 is 10.5 Å². The molecule has 0 spiro atoms. The van der Waals surface area contributed by atoms with E-state index in [-0.39, 0.29) is 5.63 Å². The molecule has 0 atom stereocenters. The van der Waals surface area contributed by atoms with E-state index in [1.807, 2.05) is 0 Å². The molecule has 0 aromatic carbocycles. The summed E-state index contributed by atoms with van der Waals surface area (Å²) in [5.74, 6) is 0. The SMILES string of the molecule is Cc1cc(=O)oc(N(C)C)n1. The van der Waals surface area contributed by atoms with Crippen LogP contribution in [0, 0.1) is 6.92 Å². The van der Waals surface area contributed by atoms with Crippen LogP contribution in [0.5, 0.6) is 0 Å². The smallest absolute Gasteiger partial charge is 0.340 e. The van der Waals surface area contributed by atoms with Crippen LogP contribution in [0.4, 0.5) is 6.01 Å². The number of rotatable bonds is 1. The number of aryl methyl sites for hydroxylation is 1. The van der Waals surface area contributed by atoms with Crippen molar-refractivity contribution in [1.82, 2.24) is 4.98 Å². The summed E-state index contributed by atoms with van der Waals surface area (Å²) < 4.78 is 4.78. The zero-order valence-electron chi connectivity index (χ0n) is 6.79. The van der Waals surface area contributed by atoms with Crippen molar-refractivity contribution in [3.05, 3.63) is 22.2 Å². The Morgan fingerprint density at radius 2 is 2.18 bits per heavy atom. The zero-order chi connectivity index (χ0) is 8.43. The maximum atomic E-state index is 10.8. The maximum absolute atomic E-state index is 10.8. The van der Waals surface area contributed by atoms with Crippen LogP contribution in [0.2, 0.25) is 0 Å². The predicted octanol–water partition coefficient (Wildman–Crippen LogP) is 0.409. The Morgan fingerprint density at radius 3 is 2.64 bits per heavy atom. The van der Waals surface area contributed by atoms with Crippen molar-refractivity contribution >= 4 is 6.01 Å². The van der Waals surface area contributed by atoms with Crippen LogP contribution in [0.1, 0.15) is 5.69 Å². The van der Waals surface area contributed by atoms with Crippen LogP contribution in [-0.2, 0) is 0 Å². The van der Waals surface area contributed by atoms with Crippen LogP contribution in [-0.4, -0.2) is 19.1 Å². The Bertz CT molecular complexity index is 304. The molecule has 1 aromatic rings. The van der Waals surface area contributed by atoms with Gasteiger partial charge in [0.2, 0.25) is 0 Å². The first-order valence-electron chi connectivity index (χ1n) is 3.25. The van der Waals surface area contributed by atoms with Gasteiger partial charge >= 0.3 is 5.63 Å². The summed E-state index contributed by atoms with van der Waals surface area (Å²) in [4.78, 5) is 16.4. The molecule has 0 aliphatic heterocycles. The second-order valence-electron chi connectivity index (χ2n) is 2.50. The normalized spacial score (nSPS) is 9.73. The van der Waals surface area contributed by atoms with Gasteiger partial charge in [0.25, 0.3) is 6.01 Å². The minimum atomic E-state index is -0.360. The second kappa shape index (κ2) is 2.74. The quantitative estimate of drug-likeness (QED) is 0.587. The topological polar surface area (TPSA) is 46.3 Å². The molecule has 11 heavy (non-hydrogen) atoms. The Labute approximate surface area is 64.5 Å². The maximum Gasteiger partial charge on any atom is 0.340 e. The van der Waals surface area contributed by atoms with Gasteiger partial charge in [-0.25, -0.2) is 9.78 Å². The largest absolute Gasteiger partial charge is 0.389 e. The monoisotopic (exact) mass is 154 g/mol. The molecule has 0 aliphatic rings. The van der Waals surface area contributed by atoms with Crippen molar-refractivity contribution in [2.24, 2.45) is 0 Å². The Hall–Kier alpha value is -1.32. The number of hydrogen-bond donors (Lipinski definition) is 0. The molecule has 1 rings (SSSR count). The molecule has 0 bridgehead atoms. The fourth-order valence-electron chi connectivity index (χ4n) is 0.687. The second-order valence-corrected chi connectivity index (χ2v) is 2.50. The van der Waals surface area contributed by atoms with E-state index in [0.29, 0.717) is 11.7 Å². The minimum Gasteiger partial charge on any atom is -0.389 e. The van der Waals surface area contributed by atoms with Crippen molar-refractivity contribution in [1.29, 1.82) is 0 Å². The molecule has 0 N–H and O–H groups in total. The summed E-state index contributed by atoms with van der Waals surface area (Å²) in [6, 6.07) is 1.70. The molecule has 1 aromatic heterocycles. The lowest BCUT2D eigenvalue weighted by molar-refractivity contribution is 0.489. The van der Waals surface area contributed by atoms with Crippen molar-refractivity contribution in [3.8, 4) is 0 Å². The van der Waals surface area contributed by atoms with Gasteiger partial charge in [-0.05, 0) is 6.92 Å². The van der Waals surface area contributed by atoms with Crippen molar-refractivity contribution in [3.63, 3.8) is 0 Å². The van der Waals surface area contributed by atoms with Crippen molar-refractivity contribution in [2.45, 2.75) is 6.92 Å². The van der Waals surface area contributed by atoms with Crippen molar-refractivity contribution < 1.29 is 4.42 Å². The molecule has 4 heteroatoms. The fourth-order valence-corrected chi connectivity index (χ4v) is 0.687. The van der Waals surface area contributed by atoms with E-state index in [0.717, 1.165) is 0 Å². The molecule has 0 fully saturated rings. The third-order valence-corrected chi connectivity index (χ3v) is 1.17. The summed E-state index contributed by atoms with van der Waals surface area (Å²) in [6.07, 6.45) is 0. The molecule has 0 amide bonds. The molecular weight excluding hydrogens is 144 g/mol. The number of nitrogens with zero attached hydrogens (tertiary/aromatic N) is 2. The van der Waals surface area contributed by atoms with E-state index in [1.54, 1.807) is 25.9 Å². The summed E-state index contributed by atoms with van der Waals surface area (Å²) >= 11 is 0. The van der Waals surface area contributed by atoms with Gasteiger partial charge < -0.3 is 9.32 Å². The number of aromatic nitrogens is 1. The zero-order valence-corrected chi connectivity index (χ0v) is 6.79. The molecule has 0 saturated heterocycles. The molecule has 0 aliphatic carbocycles. The minimum absolute atomic E-state index is 0.343. The van der Waals surface area contributed by atoms with Crippen LogP contribution in [0.15, 0.2) is 15.3 Å². The Kier molecular flexibility index (Phi) is 1.94. The van der Waals surface area contributed by atoms with Gasteiger partial charge in [0, 0.05) is 20.2 Å². The first-order chi connectivity index (χ1) is 5.09. The highest BCUT2D eigenvalue weighted by atomic mass is 16.4. The fraction of sp³-hybridized carbons (Fsp3) is 0.429. The van der Waals surface area contributed by atoms with E-state index < -0.39 is 0 Å². The van der Waals surface area contributed by atoms with Gasteiger partial charge in [0.1, 0.15) is 0 Å². The van der Waals surface area contributed by atoms with Gasteiger partial charge in [-0.15, -0.1) is 0 Å².